The Labute approximate surface area is 126 Å². The first-order valence-corrected chi connectivity index (χ1v) is 7.62. The fraction of sp³-hybridized carbons (Fsp3) is 0.625. The Balaban J connectivity index is 2.24. The molecule has 1 aliphatic carbocycles. The van der Waals surface area contributed by atoms with E-state index in [9.17, 15) is 5.11 Å². The van der Waals surface area contributed by atoms with Crippen molar-refractivity contribution in [2.75, 3.05) is 13.7 Å². The number of rotatable bonds is 4. The monoisotopic (exact) mass is 297 g/mol. The van der Waals surface area contributed by atoms with Crippen LogP contribution in [0.3, 0.4) is 0 Å². The molecule has 20 heavy (non-hydrogen) atoms. The van der Waals surface area contributed by atoms with Crippen molar-refractivity contribution in [2.45, 2.75) is 38.7 Å². The first-order chi connectivity index (χ1) is 9.52. The predicted molar refractivity (Wildman–Crippen MR) is 82.1 cm³/mol. The lowest BCUT2D eigenvalue weighted by Crippen LogP contribution is -2.39. The Morgan fingerprint density at radius 3 is 2.60 bits per heavy atom. The highest BCUT2D eigenvalue weighted by Crippen LogP contribution is 2.47. The van der Waals surface area contributed by atoms with Crippen LogP contribution in [0.25, 0.3) is 0 Å². The van der Waals surface area contributed by atoms with Crippen molar-refractivity contribution in [1.29, 1.82) is 0 Å². The van der Waals surface area contributed by atoms with Crippen LogP contribution in [-0.4, -0.2) is 18.8 Å². The van der Waals surface area contributed by atoms with E-state index in [1.807, 2.05) is 6.07 Å². The summed E-state index contributed by atoms with van der Waals surface area (Å²) in [5, 5.41) is 11.3. The molecule has 3 nitrogen and oxygen atoms in total. The third-order valence-corrected chi connectivity index (χ3v) is 5.04. The molecule has 112 valence electrons. The maximum atomic E-state index is 10.8. The highest BCUT2D eigenvalue weighted by molar-refractivity contribution is 6.32. The van der Waals surface area contributed by atoms with E-state index in [0.29, 0.717) is 17.3 Å². The van der Waals surface area contributed by atoms with Crippen molar-refractivity contribution >= 4 is 11.6 Å². The summed E-state index contributed by atoms with van der Waals surface area (Å²) in [6.45, 7) is 2.77. The third-order valence-electron chi connectivity index (χ3n) is 4.75. The second-order valence-electron chi connectivity index (χ2n) is 6.05. The maximum Gasteiger partial charge on any atom is 0.137 e. The summed E-state index contributed by atoms with van der Waals surface area (Å²) in [7, 11) is 1.58. The zero-order valence-electron chi connectivity index (χ0n) is 12.2. The SMILES string of the molecule is COc1ccc(C(O)C2(CN)CCC(C)CC2)cc1Cl. The van der Waals surface area contributed by atoms with E-state index >= 15 is 0 Å². The van der Waals surface area contributed by atoms with Gasteiger partial charge in [0.15, 0.2) is 0 Å². The van der Waals surface area contributed by atoms with Crippen LogP contribution in [0.2, 0.25) is 5.02 Å². The zero-order valence-corrected chi connectivity index (χ0v) is 13.0. The summed E-state index contributed by atoms with van der Waals surface area (Å²) < 4.78 is 5.15. The highest BCUT2D eigenvalue weighted by atomic mass is 35.5. The molecule has 1 aromatic carbocycles. The van der Waals surface area contributed by atoms with E-state index in [0.717, 1.165) is 37.2 Å². The number of halogens is 1. The van der Waals surface area contributed by atoms with Gasteiger partial charge >= 0.3 is 0 Å². The maximum absolute atomic E-state index is 10.8. The van der Waals surface area contributed by atoms with E-state index in [2.05, 4.69) is 6.92 Å². The summed E-state index contributed by atoms with van der Waals surface area (Å²) >= 11 is 6.16. The fourth-order valence-electron chi connectivity index (χ4n) is 3.13. The molecule has 0 spiro atoms. The van der Waals surface area contributed by atoms with Gasteiger partial charge in [-0.3, -0.25) is 0 Å². The van der Waals surface area contributed by atoms with Gasteiger partial charge < -0.3 is 15.6 Å². The average molecular weight is 298 g/mol. The van der Waals surface area contributed by atoms with Gasteiger partial charge in [-0.25, -0.2) is 0 Å². The molecule has 4 heteroatoms. The summed E-state index contributed by atoms with van der Waals surface area (Å²) in [4.78, 5) is 0. The summed E-state index contributed by atoms with van der Waals surface area (Å²) in [5.41, 5.74) is 6.61. The minimum Gasteiger partial charge on any atom is -0.495 e. The van der Waals surface area contributed by atoms with Crippen molar-refractivity contribution in [3.8, 4) is 5.75 Å². The van der Waals surface area contributed by atoms with E-state index in [4.69, 9.17) is 22.1 Å². The number of hydrogen-bond acceptors (Lipinski definition) is 3. The molecule has 0 heterocycles. The molecule has 0 saturated heterocycles. The molecule has 1 saturated carbocycles. The fourth-order valence-corrected chi connectivity index (χ4v) is 3.40. The number of benzene rings is 1. The Morgan fingerprint density at radius 2 is 2.10 bits per heavy atom. The lowest BCUT2D eigenvalue weighted by Gasteiger charge is -2.42. The molecular formula is C16H24ClNO2. The lowest BCUT2D eigenvalue weighted by molar-refractivity contribution is -0.00819. The zero-order chi connectivity index (χ0) is 14.8. The van der Waals surface area contributed by atoms with Gasteiger partial charge in [0.25, 0.3) is 0 Å². The summed E-state index contributed by atoms with van der Waals surface area (Å²) in [6, 6.07) is 5.47. The van der Waals surface area contributed by atoms with Gasteiger partial charge in [-0.15, -0.1) is 0 Å². The molecule has 2 rings (SSSR count). The van der Waals surface area contributed by atoms with Crippen LogP contribution in [0.1, 0.15) is 44.3 Å². The standard InChI is InChI=1S/C16H24ClNO2/c1-11-5-7-16(10-18,8-6-11)15(19)12-3-4-14(20-2)13(17)9-12/h3-4,9,11,15,19H,5-8,10,18H2,1-2H3. The molecule has 0 radical (unpaired) electrons. The van der Waals surface area contributed by atoms with E-state index in [1.165, 1.54) is 0 Å². The van der Waals surface area contributed by atoms with Crippen LogP contribution < -0.4 is 10.5 Å². The molecule has 0 amide bonds. The first-order valence-electron chi connectivity index (χ1n) is 7.24. The lowest BCUT2D eigenvalue weighted by atomic mass is 9.66. The van der Waals surface area contributed by atoms with Crippen molar-refractivity contribution in [3.05, 3.63) is 28.8 Å². The number of aliphatic hydroxyl groups excluding tert-OH is 1. The normalized spacial score (nSPS) is 28.1. The molecule has 0 aliphatic heterocycles. The predicted octanol–water partition coefficient (Wildman–Crippen LogP) is 3.54. The molecule has 1 fully saturated rings. The Kier molecular flexibility index (Phi) is 4.95. The average Bonchev–Trinajstić information content (AvgIpc) is 2.47. The van der Waals surface area contributed by atoms with Gasteiger partial charge in [-0.2, -0.15) is 0 Å². The minimum absolute atomic E-state index is 0.218. The Hall–Kier alpha value is -0.770. The van der Waals surface area contributed by atoms with Gasteiger partial charge in [-0.05, 0) is 36.5 Å². The van der Waals surface area contributed by atoms with Gasteiger partial charge in [0.1, 0.15) is 5.75 Å². The van der Waals surface area contributed by atoms with E-state index in [-0.39, 0.29) is 5.41 Å². The third kappa shape index (κ3) is 2.95. The van der Waals surface area contributed by atoms with Gasteiger partial charge in [0.2, 0.25) is 0 Å². The summed E-state index contributed by atoms with van der Waals surface area (Å²) in [6.07, 6.45) is 3.62. The van der Waals surface area contributed by atoms with Gasteiger partial charge in [-0.1, -0.05) is 37.4 Å². The van der Waals surface area contributed by atoms with Crippen molar-refractivity contribution < 1.29 is 9.84 Å². The highest BCUT2D eigenvalue weighted by Gasteiger charge is 2.40. The van der Waals surface area contributed by atoms with Crippen molar-refractivity contribution in [1.82, 2.24) is 0 Å². The molecule has 1 unspecified atom stereocenters. The van der Waals surface area contributed by atoms with E-state index < -0.39 is 6.10 Å². The Morgan fingerprint density at radius 1 is 1.45 bits per heavy atom. The number of aliphatic hydroxyl groups is 1. The molecule has 0 bridgehead atoms. The molecule has 1 aromatic rings. The second kappa shape index (κ2) is 6.33. The quantitative estimate of drug-likeness (QED) is 0.894. The van der Waals surface area contributed by atoms with Gasteiger partial charge in [0.05, 0.1) is 18.2 Å². The largest absolute Gasteiger partial charge is 0.495 e. The van der Waals surface area contributed by atoms with E-state index in [1.54, 1.807) is 19.2 Å². The number of methoxy groups -OCH3 is 1. The molecule has 1 atom stereocenters. The second-order valence-corrected chi connectivity index (χ2v) is 6.45. The topological polar surface area (TPSA) is 55.5 Å². The number of nitrogens with two attached hydrogens (primary N) is 1. The molecule has 1 aliphatic rings. The van der Waals surface area contributed by atoms with Crippen LogP contribution in [0.5, 0.6) is 5.75 Å². The minimum atomic E-state index is -0.566. The van der Waals surface area contributed by atoms with Crippen molar-refractivity contribution in [3.63, 3.8) is 0 Å². The van der Waals surface area contributed by atoms with Crippen LogP contribution >= 0.6 is 11.6 Å². The van der Waals surface area contributed by atoms with Crippen LogP contribution in [0.4, 0.5) is 0 Å². The Bertz CT molecular complexity index is 456. The van der Waals surface area contributed by atoms with Gasteiger partial charge in [0, 0.05) is 12.0 Å². The molecule has 3 N–H and O–H groups in total. The van der Waals surface area contributed by atoms with Crippen LogP contribution in [-0.2, 0) is 0 Å². The first kappa shape index (κ1) is 15.6. The number of ether oxygens (including phenoxy) is 1. The molecule has 0 aromatic heterocycles. The number of hydrogen-bond donors (Lipinski definition) is 2. The summed E-state index contributed by atoms with van der Waals surface area (Å²) in [5.74, 6) is 1.35. The van der Waals surface area contributed by atoms with Crippen molar-refractivity contribution in [2.24, 2.45) is 17.1 Å². The van der Waals surface area contributed by atoms with Crippen LogP contribution in [0.15, 0.2) is 18.2 Å². The smallest absolute Gasteiger partial charge is 0.137 e. The molecular weight excluding hydrogens is 274 g/mol. The van der Waals surface area contributed by atoms with Crippen LogP contribution in [0, 0.1) is 11.3 Å².